The van der Waals surface area contributed by atoms with E-state index in [1.807, 2.05) is 0 Å². The number of nitrogens with zero attached hydrogens (tertiary/aromatic N) is 1. The van der Waals surface area contributed by atoms with E-state index in [1.54, 1.807) is 12.1 Å². The van der Waals surface area contributed by atoms with Gasteiger partial charge in [0.05, 0.1) is 13.2 Å². The van der Waals surface area contributed by atoms with E-state index in [2.05, 4.69) is 10.6 Å². The van der Waals surface area contributed by atoms with Gasteiger partial charge in [0, 0.05) is 13.0 Å². The molecule has 0 radical (unpaired) electrons. The maximum Gasteiger partial charge on any atom is 0.328 e. The molecule has 32 heavy (non-hydrogen) atoms. The van der Waals surface area contributed by atoms with Crippen LogP contribution in [0.4, 0.5) is 0 Å². The summed E-state index contributed by atoms with van der Waals surface area (Å²) in [6.07, 6.45) is 0.796. The van der Waals surface area contributed by atoms with Gasteiger partial charge in [-0.25, -0.2) is 4.79 Å². The fraction of sp³-hybridized carbons (Fsp3) is 0.500. The average molecular weight is 452 g/mol. The molecule has 3 amide bonds. The van der Waals surface area contributed by atoms with Crippen molar-refractivity contribution < 1.29 is 39.6 Å². The minimum absolute atomic E-state index is 0.0242. The van der Waals surface area contributed by atoms with Crippen molar-refractivity contribution in [3.05, 3.63) is 29.8 Å². The molecule has 1 heterocycles. The zero-order valence-corrected chi connectivity index (χ0v) is 17.3. The van der Waals surface area contributed by atoms with Gasteiger partial charge in [-0.1, -0.05) is 12.1 Å². The van der Waals surface area contributed by atoms with Gasteiger partial charge >= 0.3 is 5.97 Å². The number of aliphatic carboxylic acids is 1. The summed E-state index contributed by atoms with van der Waals surface area (Å²) in [5.74, 6) is -3.44. The van der Waals surface area contributed by atoms with Crippen LogP contribution in [-0.4, -0.2) is 92.9 Å². The summed E-state index contributed by atoms with van der Waals surface area (Å²) in [7, 11) is 0. The number of likely N-dealkylation sites (tertiary alicyclic amines) is 1. The van der Waals surface area contributed by atoms with Gasteiger partial charge in [-0.2, -0.15) is 0 Å². The van der Waals surface area contributed by atoms with Gasteiger partial charge in [-0.3, -0.25) is 14.4 Å². The molecule has 176 valence electrons. The Morgan fingerprint density at radius 3 is 2.28 bits per heavy atom. The molecule has 0 bridgehead atoms. The van der Waals surface area contributed by atoms with E-state index >= 15 is 0 Å². The highest BCUT2D eigenvalue weighted by Crippen LogP contribution is 2.20. The number of phenolic OH excluding ortho intramolecular Hbond substituents is 1. The van der Waals surface area contributed by atoms with Crippen LogP contribution in [-0.2, 0) is 25.6 Å². The highest BCUT2D eigenvalue weighted by Gasteiger charge is 2.39. The molecule has 0 aliphatic carbocycles. The van der Waals surface area contributed by atoms with Crippen molar-refractivity contribution in [3.8, 4) is 5.75 Å². The molecule has 12 heteroatoms. The van der Waals surface area contributed by atoms with Crippen LogP contribution in [0.3, 0.4) is 0 Å². The van der Waals surface area contributed by atoms with Crippen LogP contribution >= 0.6 is 0 Å². The SMILES string of the molecule is NC(CO)C(=O)NC(Cc1ccc(O)cc1)C(=O)N1CCCC1C(=O)NC(CO)C(=O)O. The number of aliphatic hydroxyl groups is 2. The Bertz CT molecular complexity index is 831. The summed E-state index contributed by atoms with van der Waals surface area (Å²) in [5, 5.41) is 41.5. The number of aromatic hydroxyl groups is 1. The van der Waals surface area contributed by atoms with E-state index in [1.165, 1.54) is 17.0 Å². The van der Waals surface area contributed by atoms with Gasteiger partial charge in [-0.05, 0) is 30.5 Å². The molecule has 1 aromatic rings. The monoisotopic (exact) mass is 452 g/mol. The van der Waals surface area contributed by atoms with Crippen LogP contribution in [0.2, 0.25) is 0 Å². The number of aliphatic hydroxyl groups excluding tert-OH is 2. The van der Waals surface area contributed by atoms with Gasteiger partial charge in [0.1, 0.15) is 29.9 Å². The molecule has 1 fully saturated rings. The third-order valence-electron chi connectivity index (χ3n) is 5.16. The topological polar surface area (TPSA) is 203 Å². The second kappa shape index (κ2) is 11.4. The normalized spacial score (nSPS) is 18.5. The summed E-state index contributed by atoms with van der Waals surface area (Å²) < 4.78 is 0. The van der Waals surface area contributed by atoms with Gasteiger partial charge in [0.2, 0.25) is 17.7 Å². The fourth-order valence-corrected chi connectivity index (χ4v) is 3.39. The van der Waals surface area contributed by atoms with Crippen molar-refractivity contribution in [2.75, 3.05) is 19.8 Å². The van der Waals surface area contributed by atoms with Gasteiger partial charge < -0.3 is 41.7 Å². The number of amides is 3. The Kier molecular flexibility index (Phi) is 8.93. The molecule has 0 spiro atoms. The maximum absolute atomic E-state index is 13.3. The Hall–Kier alpha value is -3.22. The molecule has 2 rings (SSSR count). The lowest BCUT2D eigenvalue weighted by atomic mass is 10.0. The molecular weight excluding hydrogens is 424 g/mol. The maximum atomic E-state index is 13.3. The van der Waals surface area contributed by atoms with Crippen molar-refractivity contribution in [2.24, 2.45) is 5.73 Å². The number of nitrogens with two attached hydrogens (primary N) is 1. The quantitative estimate of drug-likeness (QED) is 0.197. The number of carboxylic acid groups (broad SMARTS) is 1. The molecule has 4 unspecified atom stereocenters. The van der Waals surface area contributed by atoms with Crippen molar-refractivity contribution in [1.29, 1.82) is 0 Å². The van der Waals surface area contributed by atoms with E-state index in [0.717, 1.165) is 0 Å². The van der Waals surface area contributed by atoms with E-state index < -0.39 is 61.1 Å². The first kappa shape index (κ1) is 25.0. The van der Waals surface area contributed by atoms with Gasteiger partial charge in [0.25, 0.3) is 0 Å². The smallest absolute Gasteiger partial charge is 0.328 e. The number of carbonyl (C=O) groups is 4. The lowest BCUT2D eigenvalue weighted by Crippen LogP contribution is -2.58. The fourth-order valence-electron chi connectivity index (χ4n) is 3.39. The number of nitrogens with one attached hydrogen (secondary N) is 2. The van der Waals surface area contributed by atoms with Crippen LogP contribution < -0.4 is 16.4 Å². The highest BCUT2D eigenvalue weighted by atomic mass is 16.4. The average Bonchev–Trinajstić information content (AvgIpc) is 3.26. The minimum atomic E-state index is -1.50. The van der Waals surface area contributed by atoms with Gasteiger partial charge in [0.15, 0.2) is 0 Å². The van der Waals surface area contributed by atoms with Crippen molar-refractivity contribution in [3.63, 3.8) is 0 Å². The van der Waals surface area contributed by atoms with E-state index in [4.69, 9.17) is 21.1 Å². The molecule has 0 aromatic heterocycles. The largest absolute Gasteiger partial charge is 0.508 e. The Morgan fingerprint density at radius 2 is 1.72 bits per heavy atom. The molecule has 1 aromatic carbocycles. The lowest BCUT2D eigenvalue weighted by Gasteiger charge is -2.29. The van der Waals surface area contributed by atoms with Crippen LogP contribution in [0, 0.1) is 0 Å². The number of carboxylic acids is 1. The lowest BCUT2D eigenvalue weighted by molar-refractivity contribution is -0.145. The van der Waals surface area contributed by atoms with Crippen molar-refractivity contribution in [1.82, 2.24) is 15.5 Å². The second-order valence-electron chi connectivity index (χ2n) is 7.49. The van der Waals surface area contributed by atoms with Crippen LogP contribution in [0.1, 0.15) is 18.4 Å². The van der Waals surface area contributed by atoms with E-state index in [9.17, 15) is 24.3 Å². The number of phenols is 1. The van der Waals surface area contributed by atoms with Crippen LogP contribution in [0.25, 0.3) is 0 Å². The minimum Gasteiger partial charge on any atom is -0.508 e. The first-order chi connectivity index (χ1) is 15.2. The second-order valence-corrected chi connectivity index (χ2v) is 7.49. The first-order valence-corrected chi connectivity index (χ1v) is 10.1. The zero-order chi connectivity index (χ0) is 23.8. The van der Waals surface area contributed by atoms with E-state index in [0.29, 0.717) is 12.0 Å². The predicted octanol–water partition coefficient (Wildman–Crippen LogP) is -2.71. The molecule has 12 nitrogen and oxygen atoms in total. The van der Waals surface area contributed by atoms with Crippen LogP contribution in [0.5, 0.6) is 5.75 Å². The third-order valence-corrected chi connectivity index (χ3v) is 5.16. The third kappa shape index (κ3) is 6.39. The summed E-state index contributed by atoms with van der Waals surface area (Å²) in [4.78, 5) is 50.4. The number of hydrogen-bond donors (Lipinski definition) is 7. The highest BCUT2D eigenvalue weighted by molar-refractivity contribution is 5.94. The summed E-state index contributed by atoms with van der Waals surface area (Å²) in [6, 6.07) is 1.14. The van der Waals surface area contributed by atoms with E-state index in [-0.39, 0.29) is 25.1 Å². The molecule has 0 saturated carbocycles. The summed E-state index contributed by atoms with van der Waals surface area (Å²) in [5.41, 5.74) is 6.16. The standard InChI is InChI=1S/C20H28N4O8/c21-13(9-25)17(28)22-14(8-11-3-5-12(27)6-4-11)19(30)24-7-1-2-16(24)18(29)23-15(10-26)20(31)32/h3-6,13-16,25-27H,1-2,7-10,21H2,(H,22,28)(H,23,29)(H,31,32). The number of carbonyl (C=O) groups excluding carboxylic acids is 3. The molecule has 4 atom stereocenters. The zero-order valence-electron chi connectivity index (χ0n) is 17.3. The Balaban J connectivity index is 2.21. The van der Waals surface area contributed by atoms with Crippen molar-refractivity contribution >= 4 is 23.7 Å². The number of hydrogen-bond acceptors (Lipinski definition) is 8. The predicted molar refractivity (Wildman–Crippen MR) is 110 cm³/mol. The summed E-state index contributed by atoms with van der Waals surface area (Å²) in [6.45, 7) is -1.22. The molecule has 8 N–H and O–H groups in total. The molecule has 1 aliphatic rings. The Morgan fingerprint density at radius 1 is 1.06 bits per heavy atom. The van der Waals surface area contributed by atoms with Crippen LogP contribution in [0.15, 0.2) is 24.3 Å². The molecule has 1 saturated heterocycles. The first-order valence-electron chi connectivity index (χ1n) is 10.1. The molecule has 1 aliphatic heterocycles. The van der Waals surface area contributed by atoms with Gasteiger partial charge in [-0.15, -0.1) is 0 Å². The number of rotatable bonds is 10. The summed E-state index contributed by atoms with van der Waals surface area (Å²) >= 11 is 0. The number of benzene rings is 1. The Labute approximate surface area is 184 Å². The molecular formula is C20H28N4O8. The van der Waals surface area contributed by atoms with Crippen molar-refractivity contribution in [2.45, 2.75) is 43.4 Å².